The lowest BCUT2D eigenvalue weighted by Gasteiger charge is -2.14. The van der Waals surface area contributed by atoms with Crippen molar-refractivity contribution in [3.05, 3.63) is 39.2 Å². The Morgan fingerprint density at radius 1 is 1.39 bits per heavy atom. The summed E-state index contributed by atoms with van der Waals surface area (Å²) in [5, 5.41) is 6.17. The molecule has 5 nitrogen and oxygen atoms in total. The van der Waals surface area contributed by atoms with E-state index in [4.69, 9.17) is 12.2 Å². The molecule has 1 aliphatic rings. The van der Waals surface area contributed by atoms with Crippen LogP contribution in [-0.2, 0) is 4.79 Å². The molecule has 122 valence electrons. The molecule has 0 bridgehead atoms. The average molecular weight is 414 g/mol. The van der Waals surface area contributed by atoms with Gasteiger partial charge in [0.2, 0.25) is 0 Å². The van der Waals surface area contributed by atoms with Crippen LogP contribution in [0.25, 0.3) is 6.08 Å². The number of benzene rings is 1. The van der Waals surface area contributed by atoms with E-state index in [-0.39, 0.29) is 17.7 Å². The highest BCUT2D eigenvalue weighted by atomic mass is 79.9. The molecule has 2 N–H and O–H groups in total. The highest BCUT2D eigenvalue weighted by molar-refractivity contribution is 9.10. The summed E-state index contributed by atoms with van der Waals surface area (Å²) in [7, 11) is 0. The molecular formula is C15H16BrN3O2S2. The van der Waals surface area contributed by atoms with Gasteiger partial charge in [-0.05, 0) is 54.7 Å². The van der Waals surface area contributed by atoms with Crippen LogP contribution < -0.4 is 10.6 Å². The van der Waals surface area contributed by atoms with E-state index in [0.717, 1.165) is 28.3 Å². The number of halogens is 1. The van der Waals surface area contributed by atoms with Crippen molar-refractivity contribution in [3.63, 3.8) is 0 Å². The Morgan fingerprint density at radius 2 is 2.17 bits per heavy atom. The fraction of sp³-hybridized carbons (Fsp3) is 0.267. The van der Waals surface area contributed by atoms with E-state index >= 15 is 0 Å². The summed E-state index contributed by atoms with van der Waals surface area (Å²) in [4.78, 5) is 26.0. The first-order valence-corrected chi connectivity index (χ1v) is 9.05. The molecule has 0 spiro atoms. The molecule has 23 heavy (non-hydrogen) atoms. The van der Waals surface area contributed by atoms with E-state index in [2.05, 4.69) is 26.6 Å². The summed E-state index contributed by atoms with van der Waals surface area (Å²) in [6.45, 7) is 3.37. The summed E-state index contributed by atoms with van der Waals surface area (Å²) in [6, 6.07) is 7.56. The van der Waals surface area contributed by atoms with E-state index < -0.39 is 0 Å². The second kappa shape index (κ2) is 8.47. The lowest BCUT2D eigenvalue weighted by Crippen LogP contribution is -2.41. The number of rotatable bonds is 5. The molecule has 1 aromatic carbocycles. The highest BCUT2D eigenvalue weighted by Gasteiger charge is 2.34. The molecule has 0 saturated carbocycles. The number of carbonyl (C=O) groups excluding carboxylic acids is 2. The van der Waals surface area contributed by atoms with Crippen LogP contribution in [0, 0.1) is 0 Å². The first kappa shape index (κ1) is 18.0. The average Bonchev–Trinajstić information content (AvgIpc) is 2.75. The molecule has 0 aliphatic carbocycles. The highest BCUT2D eigenvalue weighted by Crippen LogP contribution is 2.32. The van der Waals surface area contributed by atoms with Gasteiger partial charge < -0.3 is 10.6 Å². The van der Waals surface area contributed by atoms with E-state index in [1.165, 1.54) is 4.90 Å². The van der Waals surface area contributed by atoms with Crippen LogP contribution >= 0.6 is 39.9 Å². The maximum Gasteiger partial charge on any atom is 0.293 e. The first-order valence-electron chi connectivity index (χ1n) is 7.04. The third-order valence-electron chi connectivity index (χ3n) is 2.98. The van der Waals surface area contributed by atoms with Gasteiger partial charge in [0.05, 0.1) is 4.91 Å². The third kappa shape index (κ3) is 5.05. The van der Waals surface area contributed by atoms with E-state index in [0.29, 0.717) is 16.6 Å². The van der Waals surface area contributed by atoms with Gasteiger partial charge in [-0.25, -0.2) is 0 Å². The van der Waals surface area contributed by atoms with E-state index in [9.17, 15) is 9.59 Å². The van der Waals surface area contributed by atoms with E-state index in [1.54, 1.807) is 6.08 Å². The maximum absolute atomic E-state index is 12.3. The lowest BCUT2D eigenvalue weighted by atomic mass is 10.2. The number of imide groups is 1. The van der Waals surface area contributed by atoms with Crippen molar-refractivity contribution in [1.29, 1.82) is 0 Å². The summed E-state index contributed by atoms with van der Waals surface area (Å²) < 4.78 is 0.923. The van der Waals surface area contributed by atoms with Gasteiger partial charge in [0.15, 0.2) is 5.11 Å². The van der Waals surface area contributed by atoms with Crippen LogP contribution in [0.5, 0.6) is 0 Å². The number of hydrogen-bond acceptors (Lipinski definition) is 4. The SMILES string of the molecule is CCNC(=S)NCCN1C(=O)S/C(=C\c2cccc(Br)c2)C1=O. The number of thioether (sulfide) groups is 1. The molecular weight excluding hydrogens is 398 g/mol. The van der Waals surface area contributed by atoms with Crippen molar-refractivity contribution in [2.24, 2.45) is 0 Å². The van der Waals surface area contributed by atoms with Crippen molar-refractivity contribution < 1.29 is 9.59 Å². The van der Waals surface area contributed by atoms with Gasteiger partial charge in [-0.2, -0.15) is 0 Å². The summed E-state index contributed by atoms with van der Waals surface area (Å²) in [5.41, 5.74) is 0.872. The minimum Gasteiger partial charge on any atom is -0.363 e. The zero-order chi connectivity index (χ0) is 16.8. The number of nitrogens with zero attached hydrogens (tertiary/aromatic N) is 1. The minimum atomic E-state index is -0.267. The van der Waals surface area contributed by atoms with E-state index in [1.807, 2.05) is 31.2 Å². The fourth-order valence-corrected chi connectivity index (χ4v) is 3.47. The van der Waals surface area contributed by atoms with Gasteiger partial charge in [-0.3, -0.25) is 14.5 Å². The van der Waals surface area contributed by atoms with Gasteiger partial charge in [0.25, 0.3) is 11.1 Å². The molecule has 1 heterocycles. The van der Waals surface area contributed by atoms with Crippen LogP contribution in [0.3, 0.4) is 0 Å². The fourth-order valence-electron chi connectivity index (χ4n) is 1.94. The summed E-state index contributed by atoms with van der Waals surface area (Å²) in [6.07, 6.45) is 1.73. The molecule has 1 fully saturated rings. The van der Waals surface area contributed by atoms with Gasteiger partial charge in [-0.15, -0.1) is 0 Å². The van der Waals surface area contributed by atoms with Gasteiger partial charge in [-0.1, -0.05) is 28.1 Å². The quantitative estimate of drug-likeness (QED) is 0.571. The molecule has 0 unspecified atom stereocenters. The lowest BCUT2D eigenvalue weighted by molar-refractivity contribution is -0.122. The van der Waals surface area contributed by atoms with Crippen LogP contribution in [-0.4, -0.2) is 40.8 Å². The molecule has 0 aromatic heterocycles. The molecule has 2 rings (SSSR count). The van der Waals surface area contributed by atoms with Crippen LogP contribution in [0.4, 0.5) is 4.79 Å². The topological polar surface area (TPSA) is 61.4 Å². The largest absolute Gasteiger partial charge is 0.363 e. The zero-order valence-corrected chi connectivity index (χ0v) is 15.7. The minimum absolute atomic E-state index is 0.257. The molecule has 1 aliphatic heterocycles. The summed E-state index contributed by atoms with van der Waals surface area (Å²) in [5.74, 6) is -0.267. The second-order valence-corrected chi connectivity index (χ2v) is 6.99. The molecule has 0 radical (unpaired) electrons. The predicted octanol–water partition coefficient (Wildman–Crippen LogP) is 2.97. The number of thiocarbonyl (C=S) groups is 1. The molecule has 1 saturated heterocycles. The van der Waals surface area contributed by atoms with Crippen LogP contribution in [0.2, 0.25) is 0 Å². The smallest absolute Gasteiger partial charge is 0.293 e. The van der Waals surface area contributed by atoms with Crippen molar-refractivity contribution >= 4 is 62.2 Å². The Morgan fingerprint density at radius 3 is 2.87 bits per heavy atom. The number of nitrogens with one attached hydrogen (secondary N) is 2. The van der Waals surface area contributed by atoms with Gasteiger partial charge in [0, 0.05) is 24.1 Å². The van der Waals surface area contributed by atoms with Crippen molar-refractivity contribution in [2.75, 3.05) is 19.6 Å². The van der Waals surface area contributed by atoms with Crippen molar-refractivity contribution in [1.82, 2.24) is 15.5 Å². The number of amides is 2. The standard InChI is InChI=1S/C15H16BrN3O2S2/c1-2-17-14(22)18-6-7-19-13(20)12(23-15(19)21)9-10-4-3-5-11(16)8-10/h3-5,8-9H,2,6-7H2,1H3,(H2,17,18,22)/b12-9-. The molecule has 8 heteroatoms. The van der Waals surface area contributed by atoms with Crippen molar-refractivity contribution in [3.8, 4) is 0 Å². The van der Waals surface area contributed by atoms with Crippen LogP contribution in [0.15, 0.2) is 33.6 Å². The Hall–Kier alpha value is -1.38. The normalized spacial score (nSPS) is 16.1. The monoisotopic (exact) mass is 413 g/mol. The number of hydrogen-bond donors (Lipinski definition) is 2. The molecule has 1 aromatic rings. The zero-order valence-electron chi connectivity index (χ0n) is 12.5. The Balaban J connectivity index is 1.98. The maximum atomic E-state index is 12.3. The van der Waals surface area contributed by atoms with Crippen LogP contribution in [0.1, 0.15) is 12.5 Å². The third-order valence-corrected chi connectivity index (χ3v) is 4.67. The first-order chi connectivity index (χ1) is 11.0. The van der Waals surface area contributed by atoms with Crippen molar-refractivity contribution in [2.45, 2.75) is 6.92 Å². The Labute approximate surface area is 153 Å². The molecule has 2 amide bonds. The Kier molecular flexibility index (Phi) is 6.61. The summed E-state index contributed by atoms with van der Waals surface area (Å²) >= 11 is 9.39. The second-order valence-electron chi connectivity index (χ2n) is 4.67. The van der Waals surface area contributed by atoms with Gasteiger partial charge in [0.1, 0.15) is 0 Å². The molecule has 0 atom stereocenters. The van der Waals surface area contributed by atoms with Gasteiger partial charge >= 0.3 is 0 Å². The number of carbonyl (C=O) groups is 2. The predicted molar refractivity (Wildman–Crippen MR) is 101 cm³/mol. The Bertz CT molecular complexity index is 664.